The van der Waals surface area contributed by atoms with Gasteiger partial charge in [-0.15, -0.1) is 0 Å². The normalized spacial score (nSPS) is 18.6. The zero-order chi connectivity index (χ0) is 16.4. The summed E-state index contributed by atoms with van der Waals surface area (Å²) in [5, 5.41) is 0. The van der Waals surface area contributed by atoms with Crippen molar-refractivity contribution < 1.29 is 4.74 Å². The van der Waals surface area contributed by atoms with E-state index in [1.54, 1.807) is 18.6 Å². The average molecular weight is 325 g/mol. The Labute approximate surface area is 142 Å². The second-order valence-electron chi connectivity index (χ2n) is 6.79. The first-order valence-corrected chi connectivity index (χ1v) is 8.77. The van der Waals surface area contributed by atoms with Crippen molar-refractivity contribution in [2.75, 3.05) is 24.6 Å². The fraction of sp³-hybridized carbons (Fsp3) is 0.556. The van der Waals surface area contributed by atoms with Gasteiger partial charge >= 0.3 is 0 Å². The lowest BCUT2D eigenvalue weighted by Crippen LogP contribution is -2.36. The Morgan fingerprint density at radius 2 is 1.96 bits per heavy atom. The predicted octanol–water partition coefficient (Wildman–Crippen LogP) is 2.75. The molecule has 1 aliphatic carbocycles. The summed E-state index contributed by atoms with van der Waals surface area (Å²) in [5.41, 5.74) is 1.08. The van der Waals surface area contributed by atoms with Gasteiger partial charge < -0.3 is 9.64 Å². The molecule has 2 fully saturated rings. The van der Waals surface area contributed by atoms with Gasteiger partial charge in [0.05, 0.1) is 12.8 Å². The van der Waals surface area contributed by atoms with Crippen LogP contribution in [0.4, 0.5) is 5.82 Å². The van der Waals surface area contributed by atoms with Crippen LogP contribution in [0.25, 0.3) is 0 Å². The minimum atomic E-state index is 0.564. The lowest BCUT2D eigenvalue weighted by atomic mass is 9.98. The Hall–Kier alpha value is -2.24. The summed E-state index contributed by atoms with van der Waals surface area (Å²) in [6, 6.07) is 2.11. The molecule has 126 valence electrons. The van der Waals surface area contributed by atoms with E-state index in [0.717, 1.165) is 43.3 Å². The van der Waals surface area contributed by atoms with Crippen LogP contribution in [-0.4, -0.2) is 39.6 Å². The Morgan fingerprint density at radius 1 is 1.12 bits per heavy atom. The topological polar surface area (TPSA) is 64.0 Å². The van der Waals surface area contributed by atoms with Crippen molar-refractivity contribution in [1.29, 1.82) is 0 Å². The van der Waals surface area contributed by atoms with Crippen molar-refractivity contribution in [1.82, 2.24) is 19.9 Å². The van der Waals surface area contributed by atoms with Gasteiger partial charge in [-0.2, -0.15) is 0 Å². The highest BCUT2D eigenvalue weighted by atomic mass is 16.5. The average Bonchev–Trinajstić information content (AvgIpc) is 3.46. The van der Waals surface area contributed by atoms with E-state index in [4.69, 9.17) is 9.72 Å². The van der Waals surface area contributed by atoms with Crippen molar-refractivity contribution >= 4 is 5.82 Å². The van der Waals surface area contributed by atoms with E-state index in [0.29, 0.717) is 24.3 Å². The van der Waals surface area contributed by atoms with Crippen molar-refractivity contribution in [3.8, 4) is 5.88 Å². The molecule has 0 unspecified atom stereocenters. The van der Waals surface area contributed by atoms with Crippen LogP contribution >= 0.6 is 0 Å². The van der Waals surface area contributed by atoms with Gasteiger partial charge in [-0.05, 0) is 38.5 Å². The first-order valence-electron chi connectivity index (χ1n) is 8.77. The lowest BCUT2D eigenvalue weighted by Gasteiger charge is -2.32. The number of anilines is 1. The fourth-order valence-electron chi connectivity index (χ4n) is 3.15. The van der Waals surface area contributed by atoms with Crippen LogP contribution in [0.3, 0.4) is 0 Å². The molecule has 2 aromatic heterocycles. The number of piperidine rings is 1. The molecular weight excluding hydrogens is 302 g/mol. The van der Waals surface area contributed by atoms with Crippen LogP contribution < -0.4 is 9.64 Å². The monoisotopic (exact) mass is 325 g/mol. The Kier molecular flexibility index (Phi) is 4.28. The maximum atomic E-state index is 5.75. The largest absolute Gasteiger partial charge is 0.476 e. The number of rotatable bonds is 5. The zero-order valence-corrected chi connectivity index (χ0v) is 14.1. The third-order valence-corrected chi connectivity index (χ3v) is 4.75. The predicted molar refractivity (Wildman–Crippen MR) is 91.2 cm³/mol. The van der Waals surface area contributed by atoms with Gasteiger partial charge in [-0.25, -0.2) is 15.0 Å². The second-order valence-corrected chi connectivity index (χ2v) is 6.79. The van der Waals surface area contributed by atoms with Crippen LogP contribution in [0, 0.1) is 12.8 Å². The fourth-order valence-corrected chi connectivity index (χ4v) is 3.15. The Morgan fingerprint density at radius 3 is 2.67 bits per heavy atom. The summed E-state index contributed by atoms with van der Waals surface area (Å²) in [7, 11) is 0. The SMILES string of the molecule is Cc1cc(N2CCC(COc3cnccn3)CC2)nc(C2CC2)n1. The highest BCUT2D eigenvalue weighted by molar-refractivity contribution is 5.40. The summed E-state index contributed by atoms with van der Waals surface area (Å²) in [6.45, 7) is 4.82. The van der Waals surface area contributed by atoms with Crippen molar-refractivity contribution in [2.24, 2.45) is 5.92 Å². The van der Waals surface area contributed by atoms with E-state index in [9.17, 15) is 0 Å². The first kappa shape index (κ1) is 15.3. The number of hydrogen-bond acceptors (Lipinski definition) is 6. The van der Waals surface area contributed by atoms with E-state index in [-0.39, 0.29) is 0 Å². The van der Waals surface area contributed by atoms with Crippen molar-refractivity contribution in [2.45, 2.75) is 38.5 Å². The molecular formula is C18H23N5O. The highest BCUT2D eigenvalue weighted by Crippen LogP contribution is 2.38. The molecule has 1 aliphatic heterocycles. The second kappa shape index (κ2) is 6.71. The maximum absolute atomic E-state index is 5.75. The summed E-state index contributed by atoms with van der Waals surface area (Å²) in [4.78, 5) is 20.0. The van der Waals surface area contributed by atoms with E-state index in [1.807, 2.05) is 0 Å². The molecule has 2 aliphatic rings. The summed E-state index contributed by atoms with van der Waals surface area (Å²) < 4.78 is 5.75. The van der Waals surface area contributed by atoms with Crippen molar-refractivity contribution in [3.05, 3.63) is 36.2 Å². The number of aromatic nitrogens is 4. The van der Waals surface area contributed by atoms with Gasteiger partial charge in [0.1, 0.15) is 11.6 Å². The molecule has 6 heteroatoms. The molecule has 0 aromatic carbocycles. The summed E-state index contributed by atoms with van der Waals surface area (Å²) in [5.74, 6) is 3.91. The van der Waals surface area contributed by atoms with Crippen LogP contribution in [0.1, 0.15) is 43.1 Å². The third-order valence-electron chi connectivity index (χ3n) is 4.75. The smallest absolute Gasteiger partial charge is 0.232 e. The standard InChI is InChI=1S/C18H23N5O/c1-13-10-16(22-18(21-13)15-2-3-15)23-8-4-14(5-9-23)12-24-17-11-19-6-7-20-17/h6-7,10-11,14-15H,2-5,8-9,12H2,1H3. The van der Waals surface area contributed by atoms with Crippen LogP contribution in [0.15, 0.2) is 24.7 Å². The van der Waals surface area contributed by atoms with Gasteiger partial charge in [-0.1, -0.05) is 0 Å². The molecule has 2 aromatic rings. The minimum Gasteiger partial charge on any atom is -0.476 e. The van der Waals surface area contributed by atoms with Gasteiger partial charge in [-0.3, -0.25) is 4.98 Å². The van der Waals surface area contributed by atoms with E-state index < -0.39 is 0 Å². The van der Waals surface area contributed by atoms with Crippen LogP contribution in [-0.2, 0) is 0 Å². The summed E-state index contributed by atoms with van der Waals surface area (Å²) in [6.07, 6.45) is 9.69. The lowest BCUT2D eigenvalue weighted by molar-refractivity contribution is 0.215. The minimum absolute atomic E-state index is 0.564. The van der Waals surface area contributed by atoms with Gasteiger partial charge in [0.25, 0.3) is 0 Å². The summed E-state index contributed by atoms with van der Waals surface area (Å²) >= 11 is 0. The van der Waals surface area contributed by atoms with Gasteiger partial charge in [0.15, 0.2) is 0 Å². The van der Waals surface area contributed by atoms with Gasteiger partial charge in [0, 0.05) is 43.2 Å². The highest BCUT2D eigenvalue weighted by Gasteiger charge is 2.28. The van der Waals surface area contributed by atoms with Crippen LogP contribution in [0.2, 0.25) is 0 Å². The molecule has 6 nitrogen and oxygen atoms in total. The number of hydrogen-bond donors (Lipinski definition) is 0. The molecule has 1 saturated carbocycles. The first-order chi connectivity index (χ1) is 11.8. The van der Waals surface area contributed by atoms with E-state index in [1.165, 1.54) is 12.8 Å². The van der Waals surface area contributed by atoms with Crippen molar-refractivity contribution in [3.63, 3.8) is 0 Å². The molecule has 0 spiro atoms. The Balaban J connectivity index is 1.33. The van der Waals surface area contributed by atoms with E-state index >= 15 is 0 Å². The maximum Gasteiger partial charge on any atom is 0.232 e. The van der Waals surface area contributed by atoms with Crippen LogP contribution in [0.5, 0.6) is 5.88 Å². The molecule has 0 N–H and O–H groups in total. The quantitative estimate of drug-likeness (QED) is 0.842. The molecule has 3 heterocycles. The molecule has 0 atom stereocenters. The molecule has 0 radical (unpaired) electrons. The molecule has 0 bridgehead atoms. The van der Waals surface area contributed by atoms with Gasteiger partial charge in [0.2, 0.25) is 5.88 Å². The molecule has 4 rings (SSSR count). The molecule has 24 heavy (non-hydrogen) atoms. The molecule has 0 amide bonds. The number of aryl methyl sites for hydroxylation is 1. The zero-order valence-electron chi connectivity index (χ0n) is 14.1. The number of nitrogens with zero attached hydrogens (tertiary/aromatic N) is 5. The number of ether oxygens (including phenoxy) is 1. The Bertz CT molecular complexity index is 681. The van der Waals surface area contributed by atoms with E-state index in [2.05, 4.69) is 32.8 Å². The third kappa shape index (κ3) is 3.63. The molecule has 1 saturated heterocycles.